The van der Waals surface area contributed by atoms with Crippen LogP contribution in [-0.4, -0.2) is 26.2 Å². The van der Waals surface area contributed by atoms with Gasteiger partial charge >= 0.3 is 0 Å². The molecule has 0 aliphatic rings. The highest BCUT2D eigenvalue weighted by molar-refractivity contribution is 5.65. The number of methoxy groups -OCH3 is 1. The first-order chi connectivity index (χ1) is 10.0. The lowest BCUT2D eigenvalue weighted by molar-refractivity contribution is 0.407. The molecule has 0 aliphatic heterocycles. The number of hydrogen-bond acceptors (Lipinski definition) is 4. The number of hydrogen-bond donors (Lipinski definition) is 1. The van der Waals surface area contributed by atoms with E-state index in [1.54, 1.807) is 13.3 Å². The summed E-state index contributed by atoms with van der Waals surface area (Å²) in [4.78, 5) is 6.42. The summed E-state index contributed by atoms with van der Waals surface area (Å²) in [7, 11) is 5.69. The summed E-state index contributed by atoms with van der Waals surface area (Å²) in [6.45, 7) is 4.19. The average molecular weight is 285 g/mol. The van der Waals surface area contributed by atoms with Crippen molar-refractivity contribution in [1.82, 2.24) is 4.98 Å². The molecular formula is C17H23N3O. The lowest BCUT2D eigenvalue weighted by atomic mass is 10.0. The van der Waals surface area contributed by atoms with Gasteiger partial charge in [-0.05, 0) is 37.6 Å². The number of pyridine rings is 1. The van der Waals surface area contributed by atoms with Crippen LogP contribution in [0.2, 0.25) is 0 Å². The van der Waals surface area contributed by atoms with E-state index in [4.69, 9.17) is 4.74 Å². The molecule has 0 fully saturated rings. The van der Waals surface area contributed by atoms with E-state index in [-0.39, 0.29) is 6.04 Å². The number of rotatable bonds is 5. The fraction of sp³-hybridized carbons (Fsp3) is 0.353. The molecule has 0 saturated carbocycles. The third-order valence-electron chi connectivity index (χ3n) is 3.44. The maximum absolute atomic E-state index is 5.50. The molecule has 1 N–H and O–H groups in total. The fourth-order valence-corrected chi connectivity index (χ4v) is 2.35. The molecule has 1 heterocycles. The van der Waals surface area contributed by atoms with Gasteiger partial charge in [-0.25, -0.2) is 4.98 Å². The van der Waals surface area contributed by atoms with Crippen molar-refractivity contribution in [2.75, 3.05) is 31.4 Å². The van der Waals surface area contributed by atoms with Gasteiger partial charge in [-0.1, -0.05) is 12.1 Å². The highest BCUT2D eigenvalue weighted by Gasteiger charge is 2.14. The van der Waals surface area contributed by atoms with Gasteiger partial charge in [0.05, 0.1) is 18.8 Å². The summed E-state index contributed by atoms with van der Waals surface area (Å²) in [6.07, 6.45) is 1.80. The van der Waals surface area contributed by atoms with E-state index in [2.05, 4.69) is 42.3 Å². The van der Waals surface area contributed by atoms with Crippen LogP contribution < -0.4 is 15.0 Å². The highest BCUT2D eigenvalue weighted by Crippen LogP contribution is 2.31. The molecule has 4 heteroatoms. The van der Waals surface area contributed by atoms with Crippen molar-refractivity contribution in [2.45, 2.75) is 19.9 Å². The van der Waals surface area contributed by atoms with Crippen molar-refractivity contribution >= 4 is 11.5 Å². The Balaban J connectivity index is 2.28. The molecule has 1 atom stereocenters. The van der Waals surface area contributed by atoms with Gasteiger partial charge in [-0.3, -0.25) is 0 Å². The molecule has 2 rings (SSSR count). The summed E-state index contributed by atoms with van der Waals surface area (Å²) in [6, 6.07) is 10.4. The van der Waals surface area contributed by atoms with Gasteiger partial charge in [-0.2, -0.15) is 0 Å². The number of ether oxygens (including phenoxy) is 1. The van der Waals surface area contributed by atoms with Crippen LogP contribution in [0, 0.1) is 6.92 Å². The minimum Gasteiger partial charge on any atom is -0.496 e. The predicted octanol–water partition coefficient (Wildman–Crippen LogP) is 3.64. The quantitative estimate of drug-likeness (QED) is 0.910. The van der Waals surface area contributed by atoms with Gasteiger partial charge in [0.25, 0.3) is 0 Å². The van der Waals surface area contributed by atoms with E-state index in [9.17, 15) is 0 Å². The molecule has 1 aromatic heterocycles. The average Bonchev–Trinajstić information content (AvgIpc) is 2.47. The van der Waals surface area contributed by atoms with Crippen LogP contribution in [0.3, 0.4) is 0 Å². The van der Waals surface area contributed by atoms with E-state index in [1.807, 2.05) is 31.1 Å². The van der Waals surface area contributed by atoms with E-state index in [0.717, 1.165) is 22.8 Å². The van der Waals surface area contributed by atoms with E-state index in [1.165, 1.54) is 5.56 Å². The lowest BCUT2D eigenvalue weighted by Gasteiger charge is -2.22. The molecule has 4 nitrogen and oxygen atoms in total. The summed E-state index contributed by atoms with van der Waals surface area (Å²) in [5.41, 5.74) is 3.34. The van der Waals surface area contributed by atoms with E-state index < -0.39 is 0 Å². The molecule has 0 amide bonds. The molecule has 21 heavy (non-hydrogen) atoms. The van der Waals surface area contributed by atoms with Gasteiger partial charge in [0.1, 0.15) is 5.75 Å². The van der Waals surface area contributed by atoms with Crippen LogP contribution in [0.1, 0.15) is 24.1 Å². The van der Waals surface area contributed by atoms with Crippen LogP contribution in [0.5, 0.6) is 5.75 Å². The Morgan fingerprint density at radius 3 is 2.67 bits per heavy atom. The second-order valence-corrected chi connectivity index (χ2v) is 5.38. The zero-order chi connectivity index (χ0) is 15.4. The summed E-state index contributed by atoms with van der Waals surface area (Å²) < 4.78 is 5.50. The SMILES string of the molecule is COc1cc(C)ccc1C(C)Nc1cccnc1N(C)C. The first-order valence-corrected chi connectivity index (χ1v) is 7.06. The van der Waals surface area contributed by atoms with Crippen molar-refractivity contribution in [2.24, 2.45) is 0 Å². The summed E-state index contributed by atoms with van der Waals surface area (Å²) >= 11 is 0. The van der Waals surface area contributed by atoms with Crippen LogP contribution in [-0.2, 0) is 0 Å². The Morgan fingerprint density at radius 2 is 2.00 bits per heavy atom. The molecule has 1 unspecified atom stereocenters. The number of nitrogens with zero attached hydrogens (tertiary/aromatic N) is 2. The van der Waals surface area contributed by atoms with Gasteiger partial charge in [-0.15, -0.1) is 0 Å². The molecule has 1 aromatic carbocycles. The van der Waals surface area contributed by atoms with Crippen LogP contribution in [0.15, 0.2) is 36.5 Å². The molecule has 0 bridgehead atoms. The van der Waals surface area contributed by atoms with Crippen molar-refractivity contribution in [1.29, 1.82) is 0 Å². The number of benzene rings is 1. The van der Waals surface area contributed by atoms with Crippen LogP contribution >= 0.6 is 0 Å². The standard InChI is InChI=1S/C17H23N3O/c1-12-8-9-14(16(11-12)21-5)13(2)19-15-7-6-10-18-17(15)20(3)4/h6-11,13,19H,1-5H3. The van der Waals surface area contributed by atoms with Crippen LogP contribution in [0.4, 0.5) is 11.5 Å². The molecule has 0 spiro atoms. The van der Waals surface area contributed by atoms with E-state index in [0.29, 0.717) is 0 Å². The van der Waals surface area contributed by atoms with Crippen molar-refractivity contribution in [3.05, 3.63) is 47.7 Å². The monoisotopic (exact) mass is 285 g/mol. The summed E-state index contributed by atoms with van der Waals surface area (Å²) in [5, 5.41) is 3.52. The Bertz CT molecular complexity index is 611. The maximum Gasteiger partial charge on any atom is 0.151 e. The van der Waals surface area contributed by atoms with E-state index >= 15 is 0 Å². The van der Waals surface area contributed by atoms with Gasteiger partial charge in [0, 0.05) is 25.9 Å². The molecule has 112 valence electrons. The predicted molar refractivity (Wildman–Crippen MR) is 88.3 cm³/mol. The third kappa shape index (κ3) is 3.45. The Labute approximate surface area is 126 Å². The van der Waals surface area contributed by atoms with Crippen LogP contribution in [0.25, 0.3) is 0 Å². The lowest BCUT2D eigenvalue weighted by Crippen LogP contribution is -2.15. The minimum atomic E-state index is 0.128. The maximum atomic E-state index is 5.50. The fourth-order valence-electron chi connectivity index (χ4n) is 2.35. The zero-order valence-corrected chi connectivity index (χ0v) is 13.3. The molecular weight excluding hydrogens is 262 g/mol. The van der Waals surface area contributed by atoms with Crippen molar-refractivity contribution in [3.8, 4) is 5.75 Å². The first-order valence-electron chi connectivity index (χ1n) is 7.06. The van der Waals surface area contributed by atoms with Gasteiger partial charge in [0.2, 0.25) is 0 Å². The molecule has 0 saturated heterocycles. The summed E-state index contributed by atoms with van der Waals surface area (Å²) in [5.74, 6) is 1.83. The second kappa shape index (κ2) is 6.48. The second-order valence-electron chi connectivity index (χ2n) is 5.38. The topological polar surface area (TPSA) is 37.4 Å². The minimum absolute atomic E-state index is 0.128. The largest absolute Gasteiger partial charge is 0.496 e. The van der Waals surface area contributed by atoms with Gasteiger partial charge in [0.15, 0.2) is 5.82 Å². The third-order valence-corrected chi connectivity index (χ3v) is 3.44. The highest BCUT2D eigenvalue weighted by atomic mass is 16.5. The number of anilines is 2. The molecule has 0 radical (unpaired) electrons. The number of nitrogens with one attached hydrogen (secondary N) is 1. The van der Waals surface area contributed by atoms with Gasteiger partial charge < -0.3 is 15.0 Å². The van der Waals surface area contributed by atoms with Crippen molar-refractivity contribution in [3.63, 3.8) is 0 Å². The first kappa shape index (κ1) is 15.2. The van der Waals surface area contributed by atoms with Crippen molar-refractivity contribution < 1.29 is 4.74 Å². The Kier molecular flexibility index (Phi) is 4.68. The number of aryl methyl sites for hydroxylation is 1. The molecule has 2 aromatic rings. The molecule has 0 aliphatic carbocycles. The normalized spacial score (nSPS) is 11.9. The Hall–Kier alpha value is -2.23. The smallest absolute Gasteiger partial charge is 0.151 e. The Morgan fingerprint density at radius 1 is 1.24 bits per heavy atom. The zero-order valence-electron chi connectivity index (χ0n) is 13.3. The number of aromatic nitrogens is 1.